The molecule has 0 aromatic rings. The lowest BCUT2D eigenvalue weighted by Crippen LogP contribution is -2.30. The average Bonchev–Trinajstić information content (AvgIpc) is 3.45. The van der Waals surface area contributed by atoms with E-state index < -0.39 is 6.10 Å². The second-order valence-corrected chi connectivity index (χ2v) is 23.8. The molecule has 79 heavy (non-hydrogen) atoms. The molecule has 0 bridgehead atoms. The summed E-state index contributed by atoms with van der Waals surface area (Å²) in [6.07, 6.45) is 85.9. The Morgan fingerprint density at radius 2 is 0.494 bits per heavy atom. The highest BCUT2D eigenvalue weighted by Gasteiger charge is 2.19. The molecule has 0 fully saturated rings. The van der Waals surface area contributed by atoms with Gasteiger partial charge in [-0.3, -0.25) is 14.4 Å². The van der Waals surface area contributed by atoms with Crippen molar-refractivity contribution in [2.45, 2.75) is 386 Å². The molecule has 6 heteroatoms. The van der Waals surface area contributed by atoms with E-state index in [0.29, 0.717) is 19.3 Å². The lowest BCUT2D eigenvalue weighted by atomic mass is 10.0. The summed E-state index contributed by atoms with van der Waals surface area (Å²) < 4.78 is 16.9. The number of unbranched alkanes of at least 4 members (excludes halogenated alkanes) is 46. The number of rotatable bonds is 65. The maximum absolute atomic E-state index is 12.9. The van der Waals surface area contributed by atoms with Gasteiger partial charge in [0.1, 0.15) is 13.2 Å². The summed E-state index contributed by atoms with van der Waals surface area (Å²) in [6.45, 7) is 6.58. The maximum atomic E-state index is 12.9. The Morgan fingerprint density at radius 3 is 0.772 bits per heavy atom. The van der Waals surface area contributed by atoms with Crippen LogP contribution in [0.3, 0.4) is 0 Å². The molecule has 462 valence electrons. The van der Waals surface area contributed by atoms with E-state index in [2.05, 4.69) is 69.4 Å². The van der Waals surface area contributed by atoms with Gasteiger partial charge in [-0.15, -0.1) is 0 Å². The third-order valence-electron chi connectivity index (χ3n) is 15.8. The Balaban J connectivity index is 4.01. The van der Waals surface area contributed by atoms with Gasteiger partial charge in [-0.25, -0.2) is 0 Å². The van der Waals surface area contributed by atoms with Crippen molar-refractivity contribution in [1.29, 1.82) is 0 Å². The monoisotopic (exact) mass is 1110 g/mol. The van der Waals surface area contributed by atoms with Gasteiger partial charge in [0.15, 0.2) is 6.10 Å². The van der Waals surface area contributed by atoms with Crippen LogP contribution in [0, 0.1) is 0 Å². The van der Waals surface area contributed by atoms with Crippen LogP contribution >= 0.6 is 0 Å². The van der Waals surface area contributed by atoms with E-state index in [1.807, 2.05) is 0 Å². The fourth-order valence-electron chi connectivity index (χ4n) is 10.6. The summed E-state index contributed by atoms with van der Waals surface area (Å²) in [5.74, 6) is -0.836. The zero-order valence-electron chi connectivity index (χ0n) is 53.2. The molecule has 0 aliphatic carbocycles. The predicted octanol–water partition coefficient (Wildman–Crippen LogP) is 24.1. The van der Waals surface area contributed by atoms with Crippen molar-refractivity contribution >= 4 is 17.9 Å². The number of hydrogen-bond acceptors (Lipinski definition) is 6. The number of ether oxygens (including phenoxy) is 3. The largest absolute Gasteiger partial charge is 0.462 e. The van der Waals surface area contributed by atoms with Crippen LogP contribution in [0.5, 0.6) is 0 Å². The minimum absolute atomic E-state index is 0.0644. The van der Waals surface area contributed by atoms with E-state index in [4.69, 9.17) is 14.2 Å². The Kier molecular flexibility index (Phi) is 65.6. The highest BCUT2D eigenvalue weighted by atomic mass is 16.6. The molecule has 0 saturated heterocycles. The highest BCUT2D eigenvalue weighted by molar-refractivity contribution is 5.71. The molecule has 0 spiro atoms. The molecule has 0 radical (unpaired) electrons. The normalized spacial score (nSPS) is 12.3. The summed E-state index contributed by atoms with van der Waals surface area (Å²) in [6, 6.07) is 0. The topological polar surface area (TPSA) is 78.9 Å². The van der Waals surface area contributed by atoms with Gasteiger partial charge in [-0.05, 0) is 57.8 Å². The average molecular weight is 1110 g/mol. The molecule has 1 atom stereocenters. The summed E-state index contributed by atoms with van der Waals surface area (Å²) in [4.78, 5) is 38.3. The standard InChI is InChI=1S/C73H134O6/c1-4-7-10-13-16-19-22-24-26-27-28-29-30-31-32-33-34-35-36-37-38-39-40-41-42-43-44-45-47-48-51-54-57-60-63-66-72(75)78-69-70(68-77-71(74)65-62-59-56-53-50-21-18-15-12-9-6-3)79-73(76)67-64-61-58-55-52-49-46-25-23-20-17-14-11-8-5-2/h7,10,16,19,24,26,28-29,70H,4-6,8-9,11-15,17-18,20-23,25,27,30-69H2,1-3H3/b10-7-,19-16-,26-24-,29-28-. The summed E-state index contributed by atoms with van der Waals surface area (Å²) >= 11 is 0. The SMILES string of the molecule is CC/C=C\C/C=C\C/C=C\C/C=C\CCCCCCCCCCCCCCCCCCCCCCCCC(=O)OCC(COC(=O)CCCCCCCCCCCCC)OC(=O)CCCCCCCCCCCCCCCCC. The predicted molar refractivity (Wildman–Crippen MR) is 344 cm³/mol. The van der Waals surface area contributed by atoms with Gasteiger partial charge in [0, 0.05) is 19.3 Å². The highest BCUT2D eigenvalue weighted by Crippen LogP contribution is 2.19. The van der Waals surface area contributed by atoms with Crippen molar-refractivity contribution in [3.05, 3.63) is 48.6 Å². The molecule has 0 aromatic carbocycles. The lowest BCUT2D eigenvalue weighted by molar-refractivity contribution is -0.167. The first kappa shape index (κ1) is 76.4. The minimum Gasteiger partial charge on any atom is -0.462 e. The summed E-state index contributed by atoms with van der Waals surface area (Å²) in [7, 11) is 0. The van der Waals surface area contributed by atoms with Crippen molar-refractivity contribution in [1.82, 2.24) is 0 Å². The fraction of sp³-hybridized carbons (Fsp3) is 0.849. The van der Waals surface area contributed by atoms with Gasteiger partial charge in [0.2, 0.25) is 0 Å². The summed E-state index contributed by atoms with van der Waals surface area (Å²) in [5, 5.41) is 0. The molecule has 1 unspecified atom stereocenters. The van der Waals surface area contributed by atoms with E-state index in [9.17, 15) is 14.4 Å². The molecular formula is C73H134O6. The van der Waals surface area contributed by atoms with Crippen molar-refractivity contribution in [3.8, 4) is 0 Å². The van der Waals surface area contributed by atoms with Crippen molar-refractivity contribution in [2.24, 2.45) is 0 Å². The van der Waals surface area contributed by atoms with E-state index in [-0.39, 0.29) is 31.1 Å². The van der Waals surface area contributed by atoms with Crippen LogP contribution in [0.2, 0.25) is 0 Å². The van der Waals surface area contributed by atoms with Crippen LogP contribution < -0.4 is 0 Å². The molecule has 0 saturated carbocycles. The third-order valence-corrected chi connectivity index (χ3v) is 15.8. The van der Waals surface area contributed by atoms with Gasteiger partial charge >= 0.3 is 17.9 Å². The van der Waals surface area contributed by atoms with Gasteiger partial charge in [-0.2, -0.15) is 0 Å². The first-order valence-electron chi connectivity index (χ1n) is 35.1. The minimum atomic E-state index is -0.766. The smallest absolute Gasteiger partial charge is 0.306 e. The Morgan fingerprint density at radius 1 is 0.266 bits per heavy atom. The maximum Gasteiger partial charge on any atom is 0.306 e. The van der Waals surface area contributed by atoms with Crippen LogP contribution in [-0.4, -0.2) is 37.2 Å². The first-order chi connectivity index (χ1) is 39.0. The second kappa shape index (κ2) is 67.9. The van der Waals surface area contributed by atoms with E-state index in [1.54, 1.807) is 0 Å². The van der Waals surface area contributed by atoms with Crippen LogP contribution in [0.4, 0.5) is 0 Å². The van der Waals surface area contributed by atoms with Gasteiger partial charge in [0.05, 0.1) is 0 Å². The third kappa shape index (κ3) is 66.1. The van der Waals surface area contributed by atoms with Gasteiger partial charge < -0.3 is 14.2 Å². The Hall–Kier alpha value is -2.63. The zero-order chi connectivity index (χ0) is 57.1. The Labute approximate surface area is 492 Å². The molecule has 0 amide bonds. The van der Waals surface area contributed by atoms with Crippen LogP contribution in [0.1, 0.15) is 380 Å². The van der Waals surface area contributed by atoms with E-state index in [1.165, 1.54) is 257 Å². The van der Waals surface area contributed by atoms with Crippen LogP contribution in [0.15, 0.2) is 48.6 Å². The molecule has 0 aliphatic heterocycles. The molecule has 0 N–H and O–H groups in total. The first-order valence-corrected chi connectivity index (χ1v) is 35.1. The Bertz CT molecular complexity index is 1360. The van der Waals surface area contributed by atoms with Crippen LogP contribution in [0.25, 0.3) is 0 Å². The van der Waals surface area contributed by atoms with E-state index >= 15 is 0 Å². The van der Waals surface area contributed by atoms with E-state index in [0.717, 1.165) is 83.5 Å². The molecule has 0 rings (SSSR count). The van der Waals surface area contributed by atoms with Crippen LogP contribution in [-0.2, 0) is 28.6 Å². The molecule has 0 aromatic heterocycles. The summed E-state index contributed by atoms with van der Waals surface area (Å²) in [5.41, 5.74) is 0. The number of carbonyl (C=O) groups excluding carboxylic acids is 3. The number of allylic oxidation sites excluding steroid dienone is 8. The van der Waals surface area contributed by atoms with Gasteiger partial charge in [0.25, 0.3) is 0 Å². The lowest BCUT2D eigenvalue weighted by Gasteiger charge is -2.18. The van der Waals surface area contributed by atoms with Crippen molar-refractivity contribution in [2.75, 3.05) is 13.2 Å². The zero-order valence-corrected chi connectivity index (χ0v) is 53.2. The number of esters is 3. The quantitative estimate of drug-likeness (QED) is 0.0261. The van der Waals surface area contributed by atoms with Crippen molar-refractivity contribution < 1.29 is 28.6 Å². The number of hydrogen-bond donors (Lipinski definition) is 0. The van der Waals surface area contributed by atoms with Gasteiger partial charge in [-0.1, -0.05) is 352 Å². The molecular weight excluding hydrogens is 973 g/mol. The molecule has 6 nitrogen and oxygen atoms in total. The molecule has 0 aliphatic rings. The fourth-order valence-corrected chi connectivity index (χ4v) is 10.6. The molecule has 0 heterocycles. The van der Waals surface area contributed by atoms with Crippen molar-refractivity contribution in [3.63, 3.8) is 0 Å². The second-order valence-electron chi connectivity index (χ2n) is 23.8. The number of carbonyl (C=O) groups is 3.